The lowest BCUT2D eigenvalue weighted by Crippen LogP contribution is -2.39. The fourth-order valence-electron chi connectivity index (χ4n) is 4.57. The Morgan fingerprint density at radius 1 is 1.10 bits per heavy atom. The van der Waals surface area contributed by atoms with Crippen LogP contribution < -0.4 is 0 Å². The van der Waals surface area contributed by atoms with Gasteiger partial charge in [0, 0.05) is 6.61 Å². The van der Waals surface area contributed by atoms with Gasteiger partial charge in [0.15, 0.2) is 0 Å². The van der Waals surface area contributed by atoms with Crippen LogP contribution in [0.25, 0.3) is 0 Å². The van der Waals surface area contributed by atoms with Gasteiger partial charge in [-0.05, 0) is 89.0 Å². The topological polar surface area (TPSA) is 29.5 Å². The smallest absolute Gasteiger partial charge is 0.0814 e. The van der Waals surface area contributed by atoms with Gasteiger partial charge in [0.2, 0.25) is 0 Å². The largest absolute Gasteiger partial charge is 0.389 e. The zero-order valence-electron chi connectivity index (χ0n) is 21.6. The maximum Gasteiger partial charge on any atom is 0.0814 e. The van der Waals surface area contributed by atoms with Crippen molar-refractivity contribution < 1.29 is 9.84 Å². The zero-order chi connectivity index (χ0) is 23.2. The molecule has 1 N–H and O–H groups in total. The summed E-state index contributed by atoms with van der Waals surface area (Å²) in [4.78, 5) is 0. The lowest BCUT2D eigenvalue weighted by atomic mass is 9.76. The molecule has 0 fully saturated rings. The Morgan fingerprint density at radius 3 is 2.35 bits per heavy atom. The van der Waals surface area contributed by atoms with E-state index in [1.807, 2.05) is 0 Å². The summed E-state index contributed by atoms with van der Waals surface area (Å²) < 4.78 is 6.06. The molecule has 0 amide bonds. The van der Waals surface area contributed by atoms with Crippen LogP contribution in [0.4, 0.5) is 0 Å². The van der Waals surface area contributed by atoms with Crippen LogP contribution in [-0.2, 0) is 4.74 Å². The summed E-state index contributed by atoms with van der Waals surface area (Å²) >= 11 is 0. The fraction of sp³-hybridized carbons (Fsp3) is 0.759. The van der Waals surface area contributed by atoms with E-state index in [1.54, 1.807) is 11.1 Å². The van der Waals surface area contributed by atoms with Gasteiger partial charge in [-0.25, -0.2) is 0 Å². The van der Waals surface area contributed by atoms with Crippen molar-refractivity contribution in [1.29, 1.82) is 0 Å². The minimum atomic E-state index is -0.328. The second-order valence-corrected chi connectivity index (χ2v) is 9.99. The third kappa shape index (κ3) is 11.0. The van der Waals surface area contributed by atoms with E-state index in [2.05, 4.69) is 73.1 Å². The maximum absolute atomic E-state index is 10.4. The Bertz CT molecular complexity index is 571. The van der Waals surface area contributed by atoms with Gasteiger partial charge in [-0.15, -0.1) is 0 Å². The molecule has 0 saturated carbocycles. The molecule has 5 atom stereocenters. The van der Waals surface area contributed by atoms with E-state index < -0.39 is 0 Å². The molecule has 0 aliphatic heterocycles. The predicted molar refractivity (Wildman–Crippen MR) is 136 cm³/mol. The molecule has 2 heteroatoms. The zero-order valence-corrected chi connectivity index (χ0v) is 21.6. The minimum absolute atomic E-state index is 0.176. The van der Waals surface area contributed by atoms with Crippen LogP contribution in [0.3, 0.4) is 0 Å². The molecule has 0 bridgehead atoms. The van der Waals surface area contributed by atoms with E-state index in [4.69, 9.17) is 4.74 Å². The van der Waals surface area contributed by atoms with Gasteiger partial charge in [-0.2, -0.15) is 13.3 Å². The summed E-state index contributed by atoms with van der Waals surface area (Å²) in [6, 6.07) is 0. The summed E-state index contributed by atoms with van der Waals surface area (Å²) in [6.07, 6.45) is 19.8. The Labute approximate surface area is 194 Å². The van der Waals surface area contributed by atoms with Gasteiger partial charge < -0.3 is 16.3 Å². The lowest BCUT2D eigenvalue weighted by molar-refractivity contribution is -0.00630. The average molecular weight is 432 g/mol. The van der Waals surface area contributed by atoms with Crippen molar-refractivity contribution >= 4 is 0 Å². The number of hydrogen-bond acceptors (Lipinski definition) is 2. The number of aliphatic hydroxyl groups is 1. The van der Waals surface area contributed by atoms with Crippen molar-refractivity contribution in [2.75, 3.05) is 6.61 Å². The summed E-state index contributed by atoms with van der Waals surface area (Å²) in [7, 11) is 0. The molecule has 2 nitrogen and oxygen atoms in total. The molecule has 0 radical (unpaired) electrons. The van der Waals surface area contributed by atoms with Crippen LogP contribution in [0, 0.1) is 24.2 Å². The molecule has 0 heterocycles. The van der Waals surface area contributed by atoms with E-state index in [0.717, 1.165) is 13.0 Å². The quantitative estimate of drug-likeness (QED) is 0.161. The summed E-state index contributed by atoms with van der Waals surface area (Å²) in [5, 5.41) is 10.4. The molecule has 5 unspecified atom stereocenters. The van der Waals surface area contributed by atoms with E-state index >= 15 is 0 Å². The number of aliphatic hydroxyl groups excluding tert-OH is 1. The molecule has 0 saturated heterocycles. The van der Waals surface area contributed by atoms with Crippen LogP contribution in [-0.4, -0.2) is 23.9 Å². The van der Waals surface area contributed by atoms with E-state index in [1.165, 1.54) is 56.9 Å². The van der Waals surface area contributed by atoms with Crippen LogP contribution in [0.1, 0.15) is 106 Å². The number of rotatable bonds is 15. The Morgan fingerprint density at radius 2 is 1.74 bits per heavy atom. The van der Waals surface area contributed by atoms with Gasteiger partial charge in [-0.1, -0.05) is 56.6 Å². The predicted octanol–water partition coefficient (Wildman–Crippen LogP) is 8.23. The second kappa shape index (κ2) is 15.9. The molecule has 0 aromatic carbocycles. The van der Waals surface area contributed by atoms with Crippen molar-refractivity contribution in [3.8, 4) is 0 Å². The molecular weight excluding hydrogens is 380 g/mol. The summed E-state index contributed by atoms with van der Waals surface area (Å²) in [6.45, 7) is 16.2. The normalized spacial score (nSPS) is 26.1. The number of ether oxygens (including phenoxy) is 1. The highest BCUT2D eigenvalue weighted by Gasteiger charge is 2.34. The standard InChI is InChI=1S/C29H51O2/c1-8-10-11-14-22(3)15-12-16-23(4)17-13-18-24(5)19-20-27-21-28(30)25(6)26(7)29(27)31-9-2/h8,14,17,21,24-26,28-30H,9-13,15-16,18-20H2,1-7H3/q-1/b22-14+,23-17+. The highest BCUT2D eigenvalue weighted by molar-refractivity contribution is 5.18. The van der Waals surface area contributed by atoms with E-state index in [0.29, 0.717) is 11.8 Å². The molecule has 180 valence electrons. The Balaban J connectivity index is 2.35. The van der Waals surface area contributed by atoms with Gasteiger partial charge in [0.25, 0.3) is 0 Å². The fourth-order valence-corrected chi connectivity index (χ4v) is 4.57. The van der Waals surface area contributed by atoms with E-state index in [-0.39, 0.29) is 18.1 Å². The highest BCUT2D eigenvalue weighted by atomic mass is 16.5. The first-order valence-electron chi connectivity index (χ1n) is 12.9. The Hall–Kier alpha value is -0.860. The van der Waals surface area contributed by atoms with Gasteiger partial charge >= 0.3 is 0 Å². The molecular formula is C29H51O2-. The van der Waals surface area contributed by atoms with Crippen LogP contribution in [0.15, 0.2) is 34.9 Å². The Kier molecular flexibility index (Phi) is 14.4. The van der Waals surface area contributed by atoms with Gasteiger partial charge in [0.05, 0.1) is 12.2 Å². The van der Waals surface area contributed by atoms with Crippen molar-refractivity contribution in [2.45, 2.75) is 118 Å². The van der Waals surface area contributed by atoms with Crippen LogP contribution >= 0.6 is 0 Å². The highest BCUT2D eigenvalue weighted by Crippen LogP contribution is 2.35. The summed E-state index contributed by atoms with van der Waals surface area (Å²) in [5.74, 6) is 1.33. The SMILES string of the molecule is C[CH-]CC/C=C(\C)CCC/C(C)=C/CCC(C)CCC1=CC(O)C(C)C(C)C1OCC. The third-order valence-electron chi connectivity index (χ3n) is 7.11. The first-order valence-corrected chi connectivity index (χ1v) is 12.9. The van der Waals surface area contributed by atoms with Crippen molar-refractivity contribution in [3.05, 3.63) is 41.4 Å². The molecule has 1 aliphatic rings. The van der Waals surface area contributed by atoms with Crippen molar-refractivity contribution in [2.24, 2.45) is 17.8 Å². The number of hydrogen-bond donors (Lipinski definition) is 1. The molecule has 1 rings (SSSR count). The minimum Gasteiger partial charge on any atom is -0.389 e. The first-order chi connectivity index (χ1) is 14.8. The monoisotopic (exact) mass is 431 g/mol. The van der Waals surface area contributed by atoms with Crippen LogP contribution in [0.2, 0.25) is 0 Å². The van der Waals surface area contributed by atoms with E-state index in [9.17, 15) is 5.11 Å². The second-order valence-electron chi connectivity index (χ2n) is 9.99. The van der Waals surface area contributed by atoms with Crippen LogP contribution in [0.5, 0.6) is 0 Å². The molecule has 31 heavy (non-hydrogen) atoms. The average Bonchev–Trinajstić information content (AvgIpc) is 2.73. The maximum atomic E-state index is 10.4. The van der Waals surface area contributed by atoms with Gasteiger partial charge in [0.1, 0.15) is 0 Å². The van der Waals surface area contributed by atoms with Crippen molar-refractivity contribution in [1.82, 2.24) is 0 Å². The number of unbranched alkanes of at least 4 members (excludes halogenated alkanes) is 2. The molecule has 0 spiro atoms. The third-order valence-corrected chi connectivity index (χ3v) is 7.11. The first kappa shape index (κ1) is 28.2. The summed E-state index contributed by atoms with van der Waals surface area (Å²) in [5.41, 5.74) is 4.40. The number of allylic oxidation sites excluding steroid dienone is 4. The van der Waals surface area contributed by atoms with Gasteiger partial charge in [-0.3, -0.25) is 0 Å². The molecule has 1 aliphatic carbocycles. The molecule has 0 aromatic rings. The van der Waals surface area contributed by atoms with Crippen molar-refractivity contribution in [3.63, 3.8) is 0 Å². The molecule has 0 aromatic heterocycles. The lowest BCUT2D eigenvalue weighted by Gasteiger charge is -2.37.